The molecule has 0 N–H and O–H groups in total. The molecule has 0 radical (unpaired) electrons. The molecule has 0 spiro atoms. The second-order valence-corrected chi connectivity index (χ2v) is 2.34. The van der Waals surface area contributed by atoms with Crippen LogP contribution in [-0.2, 0) is 0 Å². The van der Waals surface area contributed by atoms with E-state index in [1.807, 2.05) is 13.0 Å². The number of nitrogens with zero attached hydrogens (tertiary/aromatic N) is 2. The van der Waals surface area contributed by atoms with E-state index in [0.29, 0.717) is 10.7 Å². The first-order chi connectivity index (χ1) is 4.74. The first kappa shape index (κ1) is 7.04. The van der Waals surface area contributed by atoms with E-state index in [1.165, 1.54) is 0 Å². The number of aromatic nitrogens is 1. The van der Waals surface area contributed by atoms with E-state index in [2.05, 4.69) is 4.98 Å². The van der Waals surface area contributed by atoms with Crippen molar-refractivity contribution in [3.05, 3.63) is 28.5 Å². The lowest BCUT2D eigenvalue weighted by Gasteiger charge is -1.93. The highest BCUT2D eigenvalue weighted by atomic mass is 35.5. The molecule has 1 aromatic heterocycles. The molecule has 0 aromatic carbocycles. The highest BCUT2D eigenvalue weighted by molar-refractivity contribution is 6.31. The highest BCUT2D eigenvalue weighted by Gasteiger charge is 1.96. The normalized spacial score (nSPS) is 8.90. The van der Waals surface area contributed by atoms with Crippen LogP contribution in [0, 0.1) is 18.3 Å². The van der Waals surface area contributed by atoms with Crippen molar-refractivity contribution in [2.45, 2.75) is 6.92 Å². The number of rotatable bonds is 0. The van der Waals surface area contributed by atoms with Gasteiger partial charge < -0.3 is 0 Å². The van der Waals surface area contributed by atoms with E-state index in [0.717, 1.165) is 5.56 Å². The number of hydrogen-bond acceptors (Lipinski definition) is 2. The van der Waals surface area contributed by atoms with Gasteiger partial charge in [0.05, 0.1) is 0 Å². The second kappa shape index (κ2) is 2.68. The average molecular weight is 153 g/mol. The molecule has 10 heavy (non-hydrogen) atoms. The maximum Gasteiger partial charge on any atom is 0.141 e. The molecule has 0 atom stereocenters. The standard InChI is InChI=1S/C7H5ClN2/c1-5-4-10-6(3-9)2-7(5)8/h2,4H,1H3. The van der Waals surface area contributed by atoms with Gasteiger partial charge in [0.15, 0.2) is 0 Å². The Balaban J connectivity index is 3.20. The third-order valence-corrected chi connectivity index (χ3v) is 1.56. The van der Waals surface area contributed by atoms with Gasteiger partial charge in [0, 0.05) is 11.2 Å². The molecule has 0 unspecified atom stereocenters. The van der Waals surface area contributed by atoms with Gasteiger partial charge in [0.25, 0.3) is 0 Å². The first-order valence-corrected chi connectivity index (χ1v) is 3.14. The van der Waals surface area contributed by atoms with Crippen LogP contribution < -0.4 is 0 Å². The molecule has 0 aliphatic carbocycles. The van der Waals surface area contributed by atoms with Gasteiger partial charge in [-0.05, 0) is 18.6 Å². The summed E-state index contributed by atoms with van der Waals surface area (Å²) in [6.45, 7) is 1.84. The van der Waals surface area contributed by atoms with Crippen molar-refractivity contribution in [3.63, 3.8) is 0 Å². The molecule has 2 nitrogen and oxygen atoms in total. The van der Waals surface area contributed by atoms with Crippen molar-refractivity contribution < 1.29 is 0 Å². The maximum absolute atomic E-state index is 8.38. The predicted molar refractivity (Wildman–Crippen MR) is 38.7 cm³/mol. The Morgan fingerprint density at radius 3 is 2.90 bits per heavy atom. The number of halogens is 1. The largest absolute Gasteiger partial charge is 0.245 e. The van der Waals surface area contributed by atoms with E-state index < -0.39 is 0 Å². The molecule has 0 aliphatic rings. The quantitative estimate of drug-likeness (QED) is 0.570. The predicted octanol–water partition coefficient (Wildman–Crippen LogP) is 1.92. The fraction of sp³-hybridized carbons (Fsp3) is 0.143. The van der Waals surface area contributed by atoms with Crippen LogP contribution in [0.3, 0.4) is 0 Å². The molecule has 1 heterocycles. The molecule has 0 saturated heterocycles. The van der Waals surface area contributed by atoms with E-state index >= 15 is 0 Å². The summed E-state index contributed by atoms with van der Waals surface area (Å²) in [5, 5.41) is 8.97. The summed E-state index contributed by atoms with van der Waals surface area (Å²) in [5.41, 5.74) is 1.25. The van der Waals surface area contributed by atoms with Crippen LogP contribution in [0.1, 0.15) is 11.3 Å². The Hall–Kier alpha value is -1.07. The van der Waals surface area contributed by atoms with Gasteiger partial charge in [-0.1, -0.05) is 11.6 Å². The molecule has 0 saturated carbocycles. The van der Waals surface area contributed by atoms with E-state index in [1.54, 1.807) is 12.3 Å². The maximum atomic E-state index is 8.38. The number of nitriles is 1. The number of hydrogen-bond donors (Lipinski definition) is 0. The summed E-state index contributed by atoms with van der Waals surface area (Å²) in [4.78, 5) is 3.81. The Kier molecular flexibility index (Phi) is 1.88. The van der Waals surface area contributed by atoms with Crippen LogP contribution >= 0.6 is 11.6 Å². The monoisotopic (exact) mass is 152 g/mol. The van der Waals surface area contributed by atoms with Gasteiger partial charge in [0.1, 0.15) is 11.8 Å². The van der Waals surface area contributed by atoms with Gasteiger partial charge in [-0.3, -0.25) is 0 Å². The zero-order valence-corrected chi connectivity index (χ0v) is 6.18. The van der Waals surface area contributed by atoms with Gasteiger partial charge in [-0.15, -0.1) is 0 Å². The van der Waals surface area contributed by atoms with Gasteiger partial charge in [-0.2, -0.15) is 5.26 Å². The third kappa shape index (κ3) is 1.26. The van der Waals surface area contributed by atoms with Crippen LogP contribution in [0.25, 0.3) is 0 Å². The fourth-order valence-corrected chi connectivity index (χ4v) is 0.712. The zero-order chi connectivity index (χ0) is 7.56. The molecular weight excluding hydrogens is 148 g/mol. The minimum atomic E-state index is 0.357. The van der Waals surface area contributed by atoms with Gasteiger partial charge in [-0.25, -0.2) is 4.98 Å². The molecular formula is C7H5ClN2. The fourth-order valence-electron chi connectivity index (χ4n) is 0.560. The van der Waals surface area contributed by atoms with Gasteiger partial charge in [0.2, 0.25) is 0 Å². The van der Waals surface area contributed by atoms with Crippen molar-refractivity contribution >= 4 is 11.6 Å². The minimum absolute atomic E-state index is 0.357. The van der Waals surface area contributed by atoms with Crippen LogP contribution in [0.15, 0.2) is 12.3 Å². The van der Waals surface area contributed by atoms with Crippen LogP contribution in [0.5, 0.6) is 0 Å². The molecule has 50 valence electrons. The second-order valence-electron chi connectivity index (χ2n) is 1.93. The summed E-state index contributed by atoms with van der Waals surface area (Å²) in [7, 11) is 0. The number of aryl methyl sites for hydroxylation is 1. The van der Waals surface area contributed by atoms with Crippen molar-refractivity contribution in [2.75, 3.05) is 0 Å². The molecule has 0 fully saturated rings. The Bertz CT molecular complexity index is 288. The smallest absolute Gasteiger partial charge is 0.141 e. The molecule has 3 heteroatoms. The summed E-state index contributed by atoms with van der Waals surface area (Å²) in [6.07, 6.45) is 1.58. The SMILES string of the molecule is Cc1cnc(C#N)cc1Cl. The first-order valence-electron chi connectivity index (χ1n) is 2.76. The van der Waals surface area contributed by atoms with Crippen molar-refractivity contribution in [2.24, 2.45) is 0 Å². The Morgan fingerprint density at radius 2 is 2.40 bits per heavy atom. The van der Waals surface area contributed by atoms with Crippen LogP contribution in [0.4, 0.5) is 0 Å². The van der Waals surface area contributed by atoms with Crippen molar-refractivity contribution in [1.29, 1.82) is 5.26 Å². The summed E-state index contributed by atoms with van der Waals surface area (Å²) in [6, 6.07) is 3.45. The summed E-state index contributed by atoms with van der Waals surface area (Å²) in [5.74, 6) is 0. The molecule has 0 aliphatic heterocycles. The average Bonchev–Trinajstić information content (AvgIpc) is 1.95. The van der Waals surface area contributed by atoms with E-state index in [-0.39, 0.29) is 0 Å². The minimum Gasteiger partial charge on any atom is -0.245 e. The van der Waals surface area contributed by atoms with Crippen molar-refractivity contribution in [1.82, 2.24) is 4.98 Å². The zero-order valence-electron chi connectivity index (χ0n) is 5.43. The lowest BCUT2D eigenvalue weighted by Crippen LogP contribution is -1.83. The molecule has 1 rings (SSSR count). The van der Waals surface area contributed by atoms with E-state index in [4.69, 9.17) is 16.9 Å². The Labute approximate surface area is 64.1 Å². The topological polar surface area (TPSA) is 36.7 Å². The number of pyridine rings is 1. The summed E-state index contributed by atoms with van der Waals surface area (Å²) < 4.78 is 0. The van der Waals surface area contributed by atoms with E-state index in [9.17, 15) is 0 Å². The Morgan fingerprint density at radius 1 is 1.70 bits per heavy atom. The van der Waals surface area contributed by atoms with Crippen LogP contribution in [-0.4, -0.2) is 4.98 Å². The lowest BCUT2D eigenvalue weighted by atomic mass is 10.3. The lowest BCUT2D eigenvalue weighted by molar-refractivity contribution is 1.22. The molecule has 0 bridgehead atoms. The van der Waals surface area contributed by atoms with Gasteiger partial charge >= 0.3 is 0 Å². The highest BCUT2D eigenvalue weighted by Crippen LogP contribution is 2.13. The van der Waals surface area contributed by atoms with Crippen LogP contribution in [0.2, 0.25) is 5.02 Å². The third-order valence-electron chi connectivity index (χ3n) is 1.15. The van der Waals surface area contributed by atoms with Crippen molar-refractivity contribution in [3.8, 4) is 6.07 Å². The summed E-state index contributed by atoms with van der Waals surface area (Å²) >= 11 is 5.70. The molecule has 1 aromatic rings. The molecule has 0 amide bonds.